The highest BCUT2D eigenvalue weighted by atomic mass is 35.5. The summed E-state index contributed by atoms with van der Waals surface area (Å²) in [5.74, 6) is -0.347. The molecule has 0 bridgehead atoms. The number of hydrogen-bond donors (Lipinski definition) is 0. The molecule has 0 atom stereocenters. The molecule has 8 nitrogen and oxygen atoms in total. The Hall–Kier alpha value is -3.91. The Balaban J connectivity index is 0. The van der Waals surface area contributed by atoms with Gasteiger partial charge in [-0.3, -0.25) is 4.79 Å². The van der Waals surface area contributed by atoms with Gasteiger partial charge in [0.2, 0.25) is 0 Å². The standard InChI is InChI=1S/C8H5NOS.C8H7NS.C7H4ClNS.C5H9NS.C4H5NO2S/c10-8(9-6-11)7-4-2-1-3-5-7;1-7-2-4-8(5-3-7)9-6-10;8-6-1-3-7(4-2-6)9-5-10;1-5(2,3)6-4-7;1-2-7-4(6)5-3-8/h1-5H;2-5H,1H3;1-4H;1-3H3;2H2,1H3. The molecule has 46 heavy (non-hydrogen) atoms. The molecule has 0 aliphatic carbocycles. The highest BCUT2D eigenvalue weighted by Crippen LogP contribution is 2.15. The molecule has 2 amide bonds. The third-order valence-corrected chi connectivity index (χ3v) is 4.87. The first kappa shape index (κ1) is 44.2. The van der Waals surface area contributed by atoms with E-state index in [0.717, 1.165) is 11.4 Å². The lowest BCUT2D eigenvalue weighted by Gasteiger charge is -2.06. The molecule has 3 aromatic carbocycles. The van der Waals surface area contributed by atoms with E-state index in [2.05, 4.69) is 106 Å². The number of aliphatic imine (C=N–C) groups is 5. The van der Waals surface area contributed by atoms with E-state index in [4.69, 9.17) is 11.6 Å². The van der Waals surface area contributed by atoms with Crippen molar-refractivity contribution >= 4 is 122 Å². The Bertz CT molecular complexity index is 1540. The molecular weight excluding hydrogens is 698 g/mol. The van der Waals surface area contributed by atoms with Crippen molar-refractivity contribution in [1.82, 2.24) is 0 Å². The highest BCUT2D eigenvalue weighted by Gasteiger charge is 2.03. The molecule has 14 heteroatoms. The average molecular weight is 728 g/mol. The first-order valence-electron chi connectivity index (χ1n) is 12.9. The number of isothiocyanates is 5. The number of carbonyl (C=O) groups is 2. The summed E-state index contributed by atoms with van der Waals surface area (Å²) in [5.41, 5.74) is 3.36. The summed E-state index contributed by atoms with van der Waals surface area (Å²) in [6.45, 7) is 9.98. The van der Waals surface area contributed by atoms with Gasteiger partial charge in [-0.25, -0.2) is 9.79 Å². The van der Waals surface area contributed by atoms with Crippen LogP contribution in [-0.2, 0) is 4.74 Å². The Kier molecular flexibility index (Phi) is 27.4. The van der Waals surface area contributed by atoms with E-state index in [1.54, 1.807) is 55.5 Å². The first-order valence-corrected chi connectivity index (χ1v) is 15.3. The van der Waals surface area contributed by atoms with Crippen molar-refractivity contribution in [2.45, 2.75) is 40.2 Å². The summed E-state index contributed by atoms with van der Waals surface area (Å²) in [4.78, 5) is 38.8. The van der Waals surface area contributed by atoms with Crippen molar-refractivity contribution in [3.05, 3.63) is 95.0 Å². The number of aryl methyl sites for hydroxylation is 1. The minimum atomic E-state index is -0.678. The molecule has 3 rings (SSSR count). The van der Waals surface area contributed by atoms with Crippen molar-refractivity contribution in [2.24, 2.45) is 25.0 Å². The molecule has 0 radical (unpaired) electrons. The van der Waals surface area contributed by atoms with Crippen LogP contribution < -0.4 is 0 Å². The molecule has 0 aliphatic heterocycles. The fraction of sp³-hybridized carbons (Fsp3) is 0.219. The number of halogens is 1. The zero-order chi connectivity index (χ0) is 35.2. The zero-order valence-corrected chi connectivity index (χ0v) is 30.4. The first-order chi connectivity index (χ1) is 21.9. The number of rotatable bonds is 4. The van der Waals surface area contributed by atoms with Gasteiger partial charge >= 0.3 is 6.09 Å². The van der Waals surface area contributed by atoms with Gasteiger partial charge in [0, 0.05) is 10.6 Å². The van der Waals surface area contributed by atoms with E-state index in [9.17, 15) is 9.59 Å². The number of carbonyl (C=O) groups excluding carboxylic acids is 2. The van der Waals surface area contributed by atoms with Crippen LogP contribution >= 0.6 is 72.7 Å². The quantitative estimate of drug-likeness (QED) is 0.193. The molecule has 0 heterocycles. The summed E-state index contributed by atoms with van der Waals surface area (Å²) in [5, 5.41) is 11.5. The second-order valence-electron chi connectivity index (χ2n) is 8.87. The lowest BCUT2D eigenvalue weighted by Crippen LogP contribution is -2.07. The van der Waals surface area contributed by atoms with Crippen LogP contribution in [0.1, 0.15) is 43.6 Å². The largest absolute Gasteiger partial charge is 0.448 e. The van der Waals surface area contributed by atoms with Crippen molar-refractivity contribution < 1.29 is 14.3 Å². The van der Waals surface area contributed by atoms with E-state index in [1.165, 1.54) is 5.56 Å². The van der Waals surface area contributed by atoms with E-state index in [1.807, 2.05) is 68.3 Å². The van der Waals surface area contributed by atoms with Crippen molar-refractivity contribution in [1.29, 1.82) is 0 Å². The number of ether oxygens (including phenoxy) is 1. The van der Waals surface area contributed by atoms with Gasteiger partial charge in [0.25, 0.3) is 5.91 Å². The van der Waals surface area contributed by atoms with E-state index >= 15 is 0 Å². The molecule has 238 valence electrons. The molecule has 0 fully saturated rings. The molecule has 0 aromatic heterocycles. The van der Waals surface area contributed by atoms with Gasteiger partial charge in [0.1, 0.15) is 0 Å². The number of amides is 2. The van der Waals surface area contributed by atoms with Crippen LogP contribution in [0.3, 0.4) is 0 Å². The third-order valence-electron chi connectivity index (χ3n) is 4.16. The molecule has 0 N–H and O–H groups in total. The van der Waals surface area contributed by atoms with Crippen LogP contribution in [0.25, 0.3) is 0 Å². The normalized spacial score (nSPS) is 8.48. The number of nitrogens with zero attached hydrogens (tertiary/aromatic N) is 5. The molecular formula is C32H30ClN5O3S5. The van der Waals surface area contributed by atoms with E-state index < -0.39 is 6.09 Å². The Morgan fingerprint density at radius 1 is 0.717 bits per heavy atom. The number of thiocarbonyl (C=S) groups is 5. The molecule has 0 aliphatic rings. The van der Waals surface area contributed by atoms with E-state index in [0.29, 0.717) is 17.2 Å². The maximum absolute atomic E-state index is 10.9. The molecule has 3 aromatic rings. The van der Waals surface area contributed by atoms with Crippen LogP contribution in [-0.4, -0.2) is 50.0 Å². The van der Waals surface area contributed by atoms with Gasteiger partial charge in [0.15, 0.2) is 0 Å². The molecule has 0 saturated heterocycles. The Morgan fingerprint density at radius 2 is 1.20 bits per heavy atom. The van der Waals surface area contributed by atoms with Gasteiger partial charge in [-0.15, -0.1) is 4.99 Å². The summed E-state index contributed by atoms with van der Waals surface area (Å²) in [7, 11) is 0. The van der Waals surface area contributed by atoms with Crippen LogP contribution in [0.2, 0.25) is 5.02 Å². The summed E-state index contributed by atoms with van der Waals surface area (Å²) in [6.07, 6.45) is -0.678. The fourth-order valence-electron chi connectivity index (χ4n) is 2.26. The van der Waals surface area contributed by atoms with E-state index in [-0.39, 0.29) is 11.4 Å². The predicted molar refractivity (Wildman–Crippen MR) is 205 cm³/mol. The number of hydrogen-bond acceptors (Lipinski definition) is 11. The van der Waals surface area contributed by atoms with Gasteiger partial charge in [-0.1, -0.05) is 47.5 Å². The van der Waals surface area contributed by atoms with Crippen LogP contribution in [0.15, 0.2) is 104 Å². The topological polar surface area (TPSA) is 105 Å². The Labute approximate surface area is 301 Å². The van der Waals surface area contributed by atoms with Crippen molar-refractivity contribution in [2.75, 3.05) is 6.61 Å². The van der Waals surface area contributed by atoms with Gasteiger partial charge < -0.3 is 4.74 Å². The fourth-order valence-corrected chi connectivity index (χ4v) is 3.03. The van der Waals surface area contributed by atoms with Gasteiger partial charge in [-0.05, 0) is 144 Å². The molecule has 0 spiro atoms. The van der Waals surface area contributed by atoms with Crippen LogP contribution in [0.5, 0.6) is 0 Å². The van der Waals surface area contributed by atoms with Gasteiger partial charge in [-0.2, -0.15) is 15.0 Å². The highest BCUT2D eigenvalue weighted by molar-refractivity contribution is 7.78. The zero-order valence-electron chi connectivity index (χ0n) is 25.6. The smallest absolute Gasteiger partial charge is 0.442 e. The predicted octanol–water partition coefficient (Wildman–Crippen LogP) is 10.9. The van der Waals surface area contributed by atoms with Crippen LogP contribution in [0, 0.1) is 6.92 Å². The lowest BCUT2D eigenvalue weighted by atomic mass is 10.1. The third kappa shape index (κ3) is 27.6. The van der Waals surface area contributed by atoms with Crippen molar-refractivity contribution in [3.8, 4) is 0 Å². The molecule has 0 saturated carbocycles. The minimum absolute atomic E-state index is 0.0399. The Morgan fingerprint density at radius 3 is 1.57 bits per heavy atom. The summed E-state index contributed by atoms with van der Waals surface area (Å²) in [6, 6.07) is 23.6. The summed E-state index contributed by atoms with van der Waals surface area (Å²) >= 11 is 27.3. The number of benzene rings is 3. The maximum atomic E-state index is 10.9. The minimum Gasteiger partial charge on any atom is -0.448 e. The lowest BCUT2D eigenvalue weighted by molar-refractivity contribution is 0.100. The van der Waals surface area contributed by atoms with Crippen LogP contribution in [0.4, 0.5) is 16.2 Å². The second-order valence-corrected chi connectivity index (χ2v) is 10.2. The maximum Gasteiger partial charge on any atom is 0.442 e. The SMILES string of the molecule is CC(C)(C)N=C=S.CCOC(=O)N=C=S.Cc1ccc(N=C=S)cc1.O=C(N=C=S)c1ccccc1.S=C=Nc1ccc(Cl)cc1. The second kappa shape index (κ2) is 28.6. The monoisotopic (exact) mass is 727 g/mol. The van der Waals surface area contributed by atoms with Gasteiger partial charge in [0.05, 0.1) is 49.3 Å². The molecule has 0 unspecified atom stereocenters. The summed E-state index contributed by atoms with van der Waals surface area (Å²) < 4.78 is 4.35. The van der Waals surface area contributed by atoms with Crippen molar-refractivity contribution in [3.63, 3.8) is 0 Å². The average Bonchev–Trinajstić information content (AvgIpc) is 3.01.